The van der Waals surface area contributed by atoms with E-state index in [4.69, 9.17) is 5.73 Å². The van der Waals surface area contributed by atoms with Crippen LogP contribution in [0, 0.1) is 0 Å². The first-order valence-corrected chi connectivity index (χ1v) is 6.94. The number of hydrogen-bond donors (Lipinski definition) is 3. The van der Waals surface area contributed by atoms with Crippen LogP contribution < -0.4 is 11.1 Å². The Balaban J connectivity index is 2.26. The summed E-state index contributed by atoms with van der Waals surface area (Å²) in [6, 6.07) is 16.9. The summed E-state index contributed by atoms with van der Waals surface area (Å²) < 4.78 is 0. The number of phenolic OH excluding ortho intramolecular Hbond substituents is 1. The number of phenols is 1. The minimum atomic E-state index is -0.326. The summed E-state index contributed by atoms with van der Waals surface area (Å²) in [6.07, 6.45) is 0.279. The molecular weight excluding hydrogens is 264 g/mol. The Morgan fingerprint density at radius 2 is 1.67 bits per heavy atom. The fourth-order valence-corrected chi connectivity index (χ4v) is 2.34. The van der Waals surface area contributed by atoms with Crippen molar-refractivity contribution >= 4 is 5.91 Å². The molecule has 2 atom stereocenters. The molecule has 0 radical (unpaired) electrons. The number of benzene rings is 2. The molecule has 2 rings (SSSR count). The van der Waals surface area contributed by atoms with Gasteiger partial charge in [0, 0.05) is 12.5 Å². The van der Waals surface area contributed by atoms with Crippen molar-refractivity contribution in [3.05, 3.63) is 65.7 Å². The zero-order chi connectivity index (χ0) is 15.2. The number of primary amides is 1. The van der Waals surface area contributed by atoms with Gasteiger partial charge >= 0.3 is 0 Å². The Labute approximate surface area is 124 Å². The normalized spacial score (nSPS) is 13.6. The van der Waals surface area contributed by atoms with E-state index in [1.807, 2.05) is 49.4 Å². The van der Waals surface area contributed by atoms with Gasteiger partial charge in [0.1, 0.15) is 5.75 Å². The Hall–Kier alpha value is -2.33. The molecule has 2 aromatic rings. The molecule has 0 aliphatic heterocycles. The third-order valence-corrected chi connectivity index (χ3v) is 3.32. The first-order valence-electron chi connectivity index (χ1n) is 6.94. The van der Waals surface area contributed by atoms with Gasteiger partial charge in [0.2, 0.25) is 5.91 Å². The predicted molar refractivity (Wildman–Crippen MR) is 82.8 cm³/mol. The van der Waals surface area contributed by atoms with E-state index in [1.54, 1.807) is 12.1 Å². The quantitative estimate of drug-likeness (QED) is 0.762. The van der Waals surface area contributed by atoms with Crippen molar-refractivity contribution in [2.45, 2.75) is 25.4 Å². The van der Waals surface area contributed by atoms with Crippen LogP contribution in [-0.2, 0) is 4.79 Å². The van der Waals surface area contributed by atoms with E-state index in [2.05, 4.69) is 5.32 Å². The molecule has 21 heavy (non-hydrogen) atoms. The van der Waals surface area contributed by atoms with Gasteiger partial charge in [-0.25, -0.2) is 0 Å². The molecule has 2 unspecified atom stereocenters. The Kier molecular flexibility index (Phi) is 4.95. The zero-order valence-corrected chi connectivity index (χ0v) is 12.0. The highest BCUT2D eigenvalue weighted by molar-refractivity contribution is 5.74. The smallest absolute Gasteiger partial charge is 0.218 e. The van der Waals surface area contributed by atoms with Gasteiger partial charge < -0.3 is 16.2 Å². The van der Waals surface area contributed by atoms with Gasteiger partial charge in [0.05, 0.1) is 6.04 Å². The predicted octanol–water partition coefficient (Wildman–Crippen LogP) is 2.34. The monoisotopic (exact) mass is 284 g/mol. The third-order valence-electron chi connectivity index (χ3n) is 3.32. The van der Waals surface area contributed by atoms with Crippen LogP contribution in [0.4, 0.5) is 0 Å². The highest BCUT2D eigenvalue weighted by atomic mass is 16.3. The molecule has 0 fully saturated rings. The molecule has 0 saturated carbocycles. The molecule has 0 aliphatic rings. The number of amides is 1. The summed E-state index contributed by atoms with van der Waals surface area (Å²) in [4.78, 5) is 11.1. The van der Waals surface area contributed by atoms with Crippen molar-refractivity contribution < 1.29 is 9.90 Å². The summed E-state index contributed by atoms with van der Waals surface area (Å²) in [5.41, 5.74) is 7.37. The first kappa shape index (κ1) is 15.1. The molecule has 0 aromatic heterocycles. The van der Waals surface area contributed by atoms with Gasteiger partial charge in [-0.05, 0) is 30.2 Å². The molecular formula is C17H20N2O2. The fourth-order valence-electron chi connectivity index (χ4n) is 2.34. The second-order valence-corrected chi connectivity index (χ2v) is 5.17. The van der Waals surface area contributed by atoms with Crippen LogP contribution in [0.1, 0.15) is 30.5 Å². The molecule has 2 aromatic carbocycles. The molecule has 4 nitrogen and oxygen atoms in total. The highest BCUT2D eigenvalue weighted by Crippen LogP contribution is 2.24. The van der Waals surface area contributed by atoms with Crippen molar-refractivity contribution in [1.82, 2.24) is 5.32 Å². The SMILES string of the molecule is CC(CC(N)=O)NC(c1ccccc1)c1ccc(O)cc1. The van der Waals surface area contributed by atoms with E-state index in [0.29, 0.717) is 0 Å². The maximum Gasteiger partial charge on any atom is 0.218 e. The van der Waals surface area contributed by atoms with Gasteiger partial charge in [-0.2, -0.15) is 0 Å². The standard InChI is InChI=1S/C17H20N2O2/c1-12(11-16(18)21)19-17(13-5-3-2-4-6-13)14-7-9-15(20)10-8-14/h2-10,12,17,19-20H,11H2,1H3,(H2,18,21). The van der Waals surface area contributed by atoms with Crippen LogP contribution in [-0.4, -0.2) is 17.1 Å². The number of nitrogens with two attached hydrogens (primary N) is 1. The Morgan fingerprint density at radius 1 is 1.10 bits per heavy atom. The zero-order valence-electron chi connectivity index (χ0n) is 12.0. The topological polar surface area (TPSA) is 75.4 Å². The lowest BCUT2D eigenvalue weighted by Crippen LogP contribution is -2.34. The Bertz CT molecular complexity index is 581. The molecule has 0 saturated heterocycles. The number of carbonyl (C=O) groups excluding carboxylic acids is 1. The summed E-state index contributed by atoms with van der Waals surface area (Å²) in [5.74, 6) is -0.0942. The van der Waals surface area contributed by atoms with E-state index in [1.165, 1.54) is 0 Å². The van der Waals surface area contributed by atoms with Crippen LogP contribution in [0.5, 0.6) is 5.75 Å². The van der Waals surface area contributed by atoms with Gasteiger partial charge in [-0.15, -0.1) is 0 Å². The van der Waals surface area contributed by atoms with Gasteiger partial charge in [0.15, 0.2) is 0 Å². The second-order valence-electron chi connectivity index (χ2n) is 5.17. The van der Waals surface area contributed by atoms with Crippen molar-refractivity contribution in [2.75, 3.05) is 0 Å². The van der Waals surface area contributed by atoms with Crippen molar-refractivity contribution in [1.29, 1.82) is 0 Å². The van der Waals surface area contributed by atoms with E-state index in [-0.39, 0.29) is 30.2 Å². The van der Waals surface area contributed by atoms with Crippen LogP contribution >= 0.6 is 0 Å². The number of carbonyl (C=O) groups is 1. The number of rotatable bonds is 6. The molecule has 110 valence electrons. The first-order chi connectivity index (χ1) is 10.1. The van der Waals surface area contributed by atoms with Gasteiger partial charge in [-0.1, -0.05) is 42.5 Å². The minimum absolute atomic E-state index is 0.0403. The summed E-state index contributed by atoms with van der Waals surface area (Å²) >= 11 is 0. The van der Waals surface area contributed by atoms with E-state index in [0.717, 1.165) is 11.1 Å². The molecule has 4 N–H and O–H groups in total. The lowest BCUT2D eigenvalue weighted by Gasteiger charge is -2.24. The minimum Gasteiger partial charge on any atom is -0.508 e. The van der Waals surface area contributed by atoms with Crippen LogP contribution in [0.3, 0.4) is 0 Å². The number of nitrogens with one attached hydrogen (secondary N) is 1. The van der Waals surface area contributed by atoms with Crippen molar-refractivity contribution in [2.24, 2.45) is 5.73 Å². The molecule has 4 heteroatoms. The maximum atomic E-state index is 11.1. The molecule has 0 bridgehead atoms. The average Bonchev–Trinajstić information content (AvgIpc) is 2.46. The average molecular weight is 284 g/mol. The van der Waals surface area contributed by atoms with E-state index in [9.17, 15) is 9.90 Å². The second kappa shape index (κ2) is 6.90. The van der Waals surface area contributed by atoms with Crippen molar-refractivity contribution in [3.8, 4) is 5.75 Å². The van der Waals surface area contributed by atoms with Gasteiger partial charge in [-0.3, -0.25) is 4.79 Å². The lowest BCUT2D eigenvalue weighted by molar-refractivity contribution is -0.118. The molecule has 0 heterocycles. The lowest BCUT2D eigenvalue weighted by atomic mass is 9.97. The van der Waals surface area contributed by atoms with E-state index < -0.39 is 0 Å². The van der Waals surface area contributed by atoms with E-state index >= 15 is 0 Å². The fraction of sp³-hybridized carbons (Fsp3) is 0.235. The summed E-state index contributed by atoms with van der Waals surface area (Å²) in [6.45, 7) is 1.93. The summed E-state index contributed by atoms with van der Waals surface area (Å²) in [7, 11) is 0. The number of hydrogen-bond acceptors (Lipinski definition) is 3. The summed E-state index contributed by atoms with van der Waals surface area (Å²) in [5, 5.41) is 12.8. The Morgan fingerprint density at radius 3 is 2.24 bits per heavy atom. The van der Waals surface area contributed by atoms with Crippen LogP contribution in [0.25, 0.3) is 0 Å². The van der Waals surface area contributed by atoms with Crippen molar-refractivity contribution in [3.63, 3.8) is 0 Å². The van der Waals surface area contributed by atoms with Gasteiger partial charge in [0.25, 0.3) is 0 Å². The third kappa shape index (κ3) is 4.33. The molecule has 0 spiro atoms. The molecule has 0 aliphatic carbocycles. The molecule has 1 amide bonds. The highest BCUT2D eigenvalue weighted by Gasteiger charge is 2.17. The maximum absolute atomic E-state index is 11.1. The van der Waals surface area contributed by atoms with Crippen LogP contribution in [0.15, 0.2) is 54.6 Å². The largest absolute Gasteiger partial charge is 0.508 e. The number of aromatic hydroxyl groups is 1. The van der Waals surface area contributed by atoms with Crippen LogP contribution in [0.2, 0.25) is 0 Å².